The van der Waals surface area contributed by atoms with Crippen LogP contribution in [0.1, 0.15) is 52.4 Å². The first-order valence-electron chi connectivity index (χ1n) is 6.27. The van der Waals surface area contributed by atoms with Crippen LogP contribution in [-0.4, -0.2) is 24.5 Å². The number of nitrogens with one attached hydrogen (secondary N) is 2. The Morgan fingerprint density at radius 1 is 1.53 bits per heavy atom. The first-order chi connectivity index (χ1) is 7.24. The number of unbranched alkanes of at least 4 members (excludes halogenated alkanes) is 1. The third-order valence-corrected chi connectivity index (χ3v) is 3.01. The zero-order chi connectivity index (χ0) is 11.1. The highest BCUT2D eigenvalue weighted by Crippen LogP contribution is 2.08. The van der Waals surface area contributed by atoms with Crippen molar-refractivity contribution in [1.82, 2.24) is 10.6 Å². The van der Waals surface area contributed by atoms with Crippen LogP contribution in [-0.2, 0) is 4.79 Å². The summed E-state index contributed by atoms with van der Waals surface area (Å²) in [5.74, 6) is 0.191. The van der Waals surface area contributed by atoms with Crippen LogP contribution in [0.3, 0.4) is 0 Å². The second-order valence-electron chi connectivity index (χ2n) is 4.55. The second kappa shape index (κ2) is 6.83. The van der Waals surface area contributed by atoms with Crippen molar-refractivity contribution in [1.29, 1.82) is 0 Å². The number of amides is 1. The van der Waals surface area contributed by atoms with Gasteiger partial charge in [-0.2, -0.15) is 0 Å². The normalized spacial score (nSPS) is 24.4. The Kier molecular flexibility index (Phi) is 5.69. The van der Waals surface area contributed by atoms with Gasteiger partial charge in [-0.3, -0.25) is 4.79 Å². The summed E-state index contributed by atoms with van der Waals surface area (Å²) in [6.07, 6.45) is 6.89. The molecular formula is C12H24N2O. The van der Waals surface area contributed by atoms with Crippen molar-refractivity contribution in [2.24, 2.45) is 0 Å². The first-order valence-corrected chi connectivity index (χ1v) is 6.27. The highest BCUT2D eigenvalue weighted by Gasteiger charge is 2.21. The molecule has 0 aromatic carbocycles. The number of carbonyl (C=O) groups is 1. The molecule has 1 rings (SSSR count). The largest absolute Gasteiger partial charge is 0.355 e. The summed E-state index contributed by atoms with van der Waals surface area (Å²) in [5, 5.41) is 6.39. The zero-order valence-electron chi connectivity index (χ0n) is 10.0. The molecule has 0 aromatic rings. The Labute approximate surface area is 93.0 Å². The smallest absolute Gasteiger partial charge is 0.237 e. The average Bonchev–Trinajstić information content (AvgIpc) is 2.42. The Balaban J connectivity index is 2.30. The second-order valence-corrected chi connectivity index (χ2v) is 4.55. The Morgan fingerprint density at radius 2 is 2.33 bits per heavy atom. The molecule has 15 heavy (non-hydrogen) atoms. The van der Waals surface area contributed by atoms with E-state index in [0.717, 1.165) is 25.8 Å². The maximum absolute atomic E-state index is 11.6. The maximum atomic E-state index is 11.6. The van der Waals surface area contributed by atoms with Crippen LogP contribution in [0.25, 0.3) is 0 Å². The number of rotatable bonds is 5. The summed E-state index contributed by atoms with van der Waals surface area (Å²) in [6.45, 7) is 5.22. The van der Waals surface area contributed by atoms with E-state index in [1.807, 2.05) is 0 Å². The highest BCUT2D eigenvalue weighted by atomic mass is 16.2. The van der Waals surface area contributed by atoms with E-state index in [1.165, 1.54) is 19.3 Å². The molecule has 0 bridgehead atoms. The molecule has 1 saturated heterocycles. The van der Waals surface area contributed by atoms with Crippen LogP contribution in [0.15, 0.2) is 0 Å². The van der Waals surface area contributed by atoms with Gasteiger partial charge in [0, 0.05) is 12.6 Å². The van der Waals surface area contributed by atoms with Crippen LogP contribution < -0.4 is 10.6 Å². The molecular weight excluding hydrogens is 188 g/mol. The summed E-state index contributed by atoms with van der Waals surface area (Å²) < 4.78 is 0. The van der Waals surface area contributed by atoms with Gasteiger partial charge >= 0.3 is 0 Å². The van der Waals surface area contributed by atoms with Crippen molar-refractivity contribution >= 4 is 5.91 Å². The van der Waals surface area contributed by atoms with E-state index in [0.29, 0.717) is 6.04 Å². The van der Waals surface area contributed by atoms with E-state index in [4.69, 9.17) is 0 Å². The minimum atomic E-state index is 0.0411. The lowest BCUT2D eigenvalue weighted by molar-refractivity contribution is -0.123. The molecule has 3 nitrogen and oxygen atoms in total. The molecule has 2 atom stereocenters. The fourth-order valence-electron chi connectivity index (χ4n) is 2.04. The molecule has 2 N–H and O–H groups in total. The van der Waals surface area contributed by atoms with Gasteiger partial charge < -0.3 is 10.6 Å². The summed E-state index contributed by atoms with van der Waals surface area (Å²) in [7, 11) is 0. The summed E-state index contributed by atoms with van der Waals surface area (Å²) >= 11 is 0. The summed E-state index contributed by atoms with van der Waals surface area (Å²) in [4.78, 5) is 11.6. The van der Waals surface area contributed by atoms with Gasteiger partial charge in [-0.05, 0) is 32.6 Å². The lowest BCUT2D eigenvalue weighted by atomic mass is 10.1. The molecule has 0 radical (unpaired) electrons. The predicted molar refractivity (Wildman–Crippen MR) is 62.8 cm³/mol. The van der Waals surface area contributed by atoms with E-state index in [9.17, 15) is 4.79 Å². The molecule has 0 saturated carbocycles. The van der Waals surface area contributed by atoms with Crippen molar-refractivity contribution in [3.8, 4) is 0 Å². The topological polar surface area (TPSA) is 41.1 Å². The van der Waals surface area contributed by atoms with Gasteiger partial charge in [0.2, 0.25) is 5.91 Å². The van der Waals surface area contributed by atoms with Crippen LogP contribution >= 0.6 is 0 Å². The Morgan fingerprint density at radius 3 is 3.07 bits per heavy atom. The van der Waals surface area contributed by atoms with Gasteiger partial charge in [0.25, 0.3) is 0 Å². The third-order valence-electron chi connectivity index (χ3n) is 3.01. The van der Waals surface area contributed by atoms with Crippen LogP contribution in [0.4, 0.5) is 0 Å². The molecule has 1 aliphatic rings. The Hall–Kier alpha value is -0.570. The van der Waals surface area contributed by atoms with Crippen LogP contribution in [0.2, 0.25) is 0 Å². The fraction of sp³-hybridized carbons (Fsp3) is 0.917. The molecule has 2 unspecified atom stereocenters. The molecule has 0 aromatic heterocycles. The van der Waals surface area contributed by atoms with Gasteiger partial charge in [-0.15, -0.1) is 0 Å². The number of carbonyl (C=O) groups excluding carboxylic acids is 1. The molecule has 88 valence electrons. The summed E-state index contributed by atoms with van der Waals surface area (Å²) in [5.41, 5.74) is 0. The molecule has 1 amide bonds. The van der Waals surface area contributed by atoms with Crippen molar-refractivity contribution in [3.05, 3.63) is 0 Å². The van der Waals surface area contributed by atoms with Gasteiger partial charge in [0.05, 0.1) is 6.04 Å². The zero-order valence-corrected chi connectivity index (χ0v) is 10.0. The molecule has 0 aliphatic carbocycles. The van der Waals surface area contributed by atoms with E-state index in [2.05, 4.69) is 24.5 Å². The fourth-order valence-corrected chi connectivity index (χ4v) is 2.04. The van der Waals surface area contributed by atoms with E-state index < -0.39 is 0 Å². The third kappa shape index (κ3) is 4.65. The molecule has 1 aliphatic heterocycles. The van der Waals surface area contributed by atoms with Gasteiger partial charge in [0.1, 0.15) is 0 Å². The molecule has 1 heterocycles. The van der Waals surface area contributed by atoms with Crippen molar-refractivity contribution in [2.75, 3.05) is 6.54 Å². The SMILES string of the molecule is CCCCC(C)NC1CCCCNC1=O. The molecule has 1 fully saturated rings. The Bertz CT molecular complexity index is 194. The quantitative estimate of drug-likeness (QED) is 0.730. The number of hydrogen-bond donors (Lipinski definition) is 2. The summed E-state index contributed by atoms with van der Waals surface area (Å²) in [6, 6.07) is 0.498. The van der Waals surface area contributed by atoms with Crippen molar-refractivity contribution < 1.29 is 4.79 Å². The first kappa shape index (κ1) is 12.5. The van der Waals surface area contributed by atoms with E-state index >= 15 is 0 Å². The minimum absolute atomic E-state index is 0.0411. The van der Waals surface area contributed by atoms with Gasteiger partial charge in [0.15, 0.2) is 0 Å². The predicted octanol–water partition coefficient (Wildman–Crippen LogP) is 1.82. The lowest BCUT2D eigenvalue weighted by Crippen LogP contribution is -2.46. The van der Waals surface area contributed by atoms with Crippen molar-refractivity contribution in [2.45, 2.75) is 64.5 Å². The lowest BCUT2D eigenvalue weighted by Gasteiger charge is -2.20. The maximum Gasteiger partial charge on any atom is 0.237 e. The van der Waals surface area contributed by atoms with Gasteiger partial charge in [-0.25, -0.2) is 0 Å². The molecule has 3 heteroatoms. The molecule has 0 spiro atoms. The van der Waals surface area contributed by atoms with Crippen LogP contribution in [0.5, 0.6) is 0 Å². The standard InChI is InChI=1S/C12H24N2O/c1-3-4-7-10(2)14-11-8-5-6-9-13-12(11)15/h10-11,14H,3-9H2,1-2H3,(H,13,15). The van der Waals surface area contributed by atoms with E-state index in [1.54, 1.807) is 0 Å². The van der Waals surface area contributed by atoms with Crippen molar-refractivity contribution in [3.63, 3.8) is 0 Å². The number of hydrogen-bond acceptors (Lipinski definition) is 2. The monoisotopic (exact) mass is 212 g/mol. The van der Waals surface area contributed by atoms with E-state index in [-0.39, 0.29) is 11.9 Å². The average molecular weight is 212 g/mol. The minimum Gasteiger partial charge on any atom is -0.355 e. The van der Waals surface area contributed by atoms with Crippen LogP contribution in [0, 0.1) is 0 Å². The van der Waals surface area contributed by atoms with Gasteiger partial charge in [-0.1, -0.05) is 19.8 Å². The highest BCUT2D eigenvalue weighted by molar-refractivity contribution is 5.81.